The Kier molecular flexibility index (Phi) is 2.22. The molecule has 1 aliphatic rings. The molecule has 3 rings (SSSR count). The molecule has 1 unspecified atom stereocenters. The largest absolute Gasteiger partial charge is 0.325 e. The standard InChI is InChI=1S/C15H13NO/c1-10-7-8-12-13(9-10)16-15(17)14(12)11-5-3-2-4-6-11/h2-9,14H,1H3,(H,16,17). The molecule has 0 bridgehead atoms. The Hall–Kier alpha value is -2.09. The van der Waals surface area contributed by atoms with Gasteiger partial charge in [0, 0.05) is 5.69 Å². The van der Waals surface area contributed by atoms with Gasteiger partial charge in [-0.3, -0.25) is 4.79 Å². The average Bonchev–Trinajstić information content (AvgIpc) is 2.65. The minimum atomic E-state index is -0.160. The fraction of sp³-hybridized carbons (Fsp3) is 0.133. The molecule has 84 valence electrons. The Bertz CT molecular complexity index is 575. The van der Waals surface area contributed by atoms with Crippen LogP contribution in [0.4, 0.5) is 5.69 Å². The van der Waals surface area contributed by atoms with E-state index >= 15 is 0 Å². The zero-order valence-corrected chi connectivity index (χ0v) is 9.60. The van der Waals surface area contributed by atoms with Gasteiger partial charge in [0.25, 0.3) is 0 Å². The van der Waals surface area contributed by atoms with Crippen molar-refractivity contribution in [2.24, 2.45) is 0 Å². The molecular formula is C15H13NO. The van der Waals surface area contributed by atoms with E-state index in [0.29, 0.717) is 0 Å². The van der Waals surface area contributed by atoms with Crippen molar-refractivity contribution in [2.45, 2.75) is 12.8 Å². The molecule has 1 heterocycles. The van der Waals surface area contributed by atoms with Gasteiger partial charge in [0.2, 0.25) is 5.91 Å². The molecule has 0 saturated heterocycles. The summed E-state index contributed by atoms with van der Waals surface area (Å²) >= 11 is 0. The van der Waals surface area contributed by atoms with Crippen molar-refractivity contribution >= 4 is 11.6 Å². The van der Waals surface area contributed by atoms with Crippen LogP contribution < -0.4 is 5.32 Å². The fourth-order valence-electron chi connectivity index (χ4n) is 2.35. The SMILES string of the molecule is Cc1ccc2c(c1)NC(=O)C2c1ccccc1. The van der Waals surface area contributed by atoms with Crippen LogP contribution in [0.15, 0.2) is 48.5 Å². The van der Waals surface area contributed by atoms with E-state index in [2.05, 4.69) is 11.4 Å². The maximum Gasteiger partial charge on any atom is 0.236 e. The second-order valence-corrected chi connectivity index (χ2v) is 4.42. The van der Waals surface area contributed by atoms with Crippen LogP contribution in [0.3, 0.4) is 0 Å². The third kappa shape index (κ3) is 1.62. The van der Waals surface area contributed by atoms with Gasteiger partial charge in [0.15, 0.2) is 0 Å². The normalized spacial score (nSPS) is 17.7. The van der Waals surface area contributed by atoms with Gasteiger partial charge in [-0.2, -0.15) is 0 Å². The number of hydrogen-bond donors (Lipinski definition) is 1. The summed E-state index contributed by atoms with van der Waals surface area (Å²) < 4.78 is 0. The van der Waals surface area contributed by atoms with E-state index in [1.807, 2.05) is 49.4 Å². The highest BCUT2D eigenvalue weighted by Crippen LogP contribution is 2.37. The van der Waals surface area contributed by atoms with E-state index in [1.54, 1.807) is 0 Å². The maximum absolute atomic E-state index is 12.0. The molecule has 0 aliphatic carbocycles. The first-order valence-corrected chi connectivity index (χ1v) is 5.72. The van der Waals surface area contributed by atoms with Gasteiger partial charge in [-0.1, -0.05) is 42.5 Å². The zero-order chi connectivity index (χ0) is 11.8. The van der Waals surface area contributed by atoms with E-state index in [1.165, 1.54) is 0 Å². The second kappa shape index (κ2) is 3.74. The van der Waals surface area contributed by atoms with Gasteiger partial charge < -0.3 is 5.32 Å². The molecule has 2 aromatic rings. The van der Waals surface area contributed by atoms with E-state index in [0.717, 1.165) is 22.4 Å². The summed E-state index contributed by atoms with van der Waals surface area (Å²) in [4.78, 5) is 12.0. The highest BCUT2D eigenvalue weighted by Gasteiger charge is 2.31. The number of carbonyl (C=O) groups excluding carboxylic acids is 1. The Morgan fingerprint density at radius 2 is 1.82 bits per heavy atom. The van der Waals surface area contributed by atoms with E-state index in [9.17, 15) is 4.79 Å². The van der Waals surface area contributed by atoms with Gasteiger partial charge in [-0.05, 0) is 29.7 Å². The van der Waals surface area contributed by atoms with Crippen molar-refractivity contribution in [3.05, 3.63) is 65.2 Å². The van der Waals surface area contributed by atoms with Crippen LogP contribution in [0.5, 0.6) is 0 Å². The van der Waals surface area contributed by atoms with Crippen LogP contribution in [-0.2, 0) is 4.79 Å². The lowest BCUT2D eigenvalue weighted by atomic mass is 9.92. The van der Waals surface area contributed by atoms with Gasteiger partial charge in [-0.25, -0.2) is 0 Å². The lowest BCUT2D eigenvalue weighted by molar-refractivity contribution is -0.116. The quantitative estimate of drug-likeness (QED) is 0.790. The number of benzene rings is 2. The molecule has 2 nitrogen and oxygen atoms in total. The van der Waals surface area contributed by atoms with E-state index in [-0.39, 0.29) is 11.8 Å². The van der Waals surface area contributed by atoms with E-state index in [4.69, 9.17) is 0 Å². The minimum Gasteiger partial charge on any atom is -0.325 e. The fourth-order valence-corrected chi connectivity index (χ4v) is 2.35. The highest BCUT2D eigenvalue weighted by atomic mass is 16.2. The molecule has 1 atom stereocenters. The Labute approximate surface area is 100 Å². The summed E-state index contributed by atoms with van der Waals surface area (Å²) in [6.07, 6.45) is 0. The first kappa shape index (κ1) is 10.1. The van der Waals surface area contributed by atoms with Crippen molar-refractivity contribution in [3.8, 4) is 0 Å². The summed E-state index contributed by atoms with van der Waals surface area (Å²) in [7, 11) is 0. The summed E-state index contributed by atoms with van der Waals surface area (Å²) in [6.45, 7) is 2.03. The van der Waals surface area contributed by atoms with Gasteiger partial charge >= 0.3 is 0 Å². The molecule has 0 fully saturated rings. The van der Waals surface area contributed by atoms with Crippen LogP contribution in [0.25, 0.3) is 0 Å². The molecule has 1 N–H and O–H groups in total. The number of aryl methyl sites for hydroxylation is 1. The van der Waals surface area contributed by atoms with Crippen LogP contribution in [0, 0.1) is 6.92 Å². The molecule has 0 aromatic heterocycles. The smallest absolute Gasteiger partial charge is 0.236 e. The highest BCUT2D eigenvalue weighted by molar-refractivity contribution is 6.05. The zero-order valence-electron chi connectivity index (χ0n) is 9.60. The summed E-state index contributed by atoms with van der Waals surface area (Å²) in [5.41, 5.74) is 4.24. The number of fused-ring (bicyclic) bond motifs is 1. The number of anilines is 1. The molecule has 0 saturated carbocycles. The number of carbonyl (C=O) groups is 1. The van der Waals surface area contributed by atoms with Crippen molar-refractivity contribution < 1.29 is 4.79 Å². The molecule has 0 radical (unpaired) electrons. The Morgan fingerprint density at radius 1 is 1.06 bits per heavy atom. The third-order valence-electron chi connectivity index (χ3n) is 3.17. The number of amides is 1. The summed E-state index contributed by atoms with van der Waals surface area (Å²) in [6, 6.07) is 16.0. The average molecular weight is 223 g/mol. The molecule has 2 aromatic carbocycles. The first-order chi connectivity index (χ1) is 8.25. The van der Waals surface area contributed by atoms with Gasteiger partial charge in [0.05, 0.1) is 5.92 Å². The minimum absolute atomic E-state index is 0.0665. The van der Waals surface area contributed by atoms with Crippen LogP contribution in [0.1, 0.15) is 22.6 Å². The van der Waals surface area contributed by atoms with Crippen molar-refractivity contribution in [1.29, 1.82) is 0 Å². The lowest BCUT2D eigenvalue weighted by Crippen LogP contribution is -2.12. The number of nitrogens with one attached hydrogen (secondary N) is 1. The number of rotatable bonds is 1. The first-order valence-electron chi connectivity index (χ1n) is 5.72. The van der Waals surface area contributed by atoms with Crippen LogP contribution in [-0.4, -0.2) is 5.91 Å². The molecule has 2 heteroatoms. The molecule has 0 spiro atoms. The van der Waals surface area contributed by atoms with Gasteiger partial charge in [0.1, 0.15) is 0 Å². The van der Waals surface area contributed by atoms with E-state index < -0.39 is 0 Å². The topological polar surface area (TPSA) is 29.1 Å². The lowest BCUT2D eigenvalue weighted by Gasteiger charge is -2.08. The predicted molar refractivity (Wildman–Crippen MR) is 68.1 cm³/mol. The molecular weight excluding hydrogens is 210 g/mol. The van der Waals surface area contributed by atoms with Crippen molar-refractivity contribution in [2.75, 3.05) is 5.32 Å². The summed E-state index contributed by atoms with van der Waals surface area (Å²) in [5.74, 6) is -0.0939. The Balaban J connectivity index is 2.12. The van der Waals surface area contributed by atoms with Crippen LogP contribution >= 0.6 is 0 Å². The molecule has 1 amide bonds. The van der Waals surface area contributed by atoms with Crippen molar-refractivity contribution in [1.82, 2.24) is 0 Å². The van der Waals surface area contributed by atoms with Gasteiger partial charge in [-0.15, -0.1) is 0 Å². The predicted octanol–water partition coefficient (Wildman–Crippen LogP) is 3.08. The number of hydrogen-bond acceptors (Lipinski definition) is 1. The van der Waals surface area contributed by atoms with Crippen LogP contribution in [0.2, 0.25) is 0 Å². The van der Waals surface area contributed by atoms with Crippen molar-refractivity contribution in [3.63, 3.8) is 0 Å². The molecule has 1 aliphatic heterocycles. The third-order valence-corrected chi connectivity index (χ3v) is 3.17. The Morgan fingerprint density at radius 3 is 2.59 bits per heavy atom. The summed E-state index contributed by atoms with van der Waals surface area (Å²) in [5, 5.41) is 2.95. The maximum atomic E-state index is 12.0. The second-order valence-electron chi connectivity index (χ2n) is 4.42. The monoisotopic (exact) mass is 223 g/mol. The molecule has 17 heavy (non-hydrogen) atoms.